The quantitative estimate of drug-likeness (QED) is 0.125. The molecule has 7 rings (SSSR count). The third-order valence-electron chi connectivity index (χ3n) is 11.8. The summed E-state index contributed by atoms with van der Waals surface area (Å²) in [5.41, 5.74) is -3.28. The first-order valence-corrected chi connectivity index (χ1v) is 19.5. The number of ether oxygens (including phenoxy) is 3. The van der Waals surface area contributed by atoms with Crippen LogP contribution in [0.4, 0.5) is 0 Å². The van der Waals surface area contributed by atoms with Crippen molar-refractivity contribution in [2.75, 3.05) is 13.7 Å². The van der Waals surface area contributed by atoms with Gasteiger partial charge in [0.15, 0.2) is 17.9 Å². The van der Waals surface area contributed by atoms with E-state index in [2.05, 4.69) is 15.6 Å². The van der Waals surface area contributed by atoms with Crippen molar-refractivity contribution in [2.24, 2.45) is 0 Å². The van der Waals surface area contributed by atoms with Crippen LogP contribution in [0.5, 0.6) is 17.2 Å². The minimum Gasteiger partial charge on any atom is -0.507 e. The number of carbonyl (C=O) groups is 6. The minimum absolute atomic E-state index is 0.0661. The number of aliphatic hydroxyl groups is 2. The molecule has 3 aromatic rings. The maximum atomic E-state index is 14.0. The Morgan fingerprint density at radius 1 is 1.05 bits per heavy atom. The molecule has 8 atom stereocenters. The van der Waals surface area contributed by atoms with E-state index in [-0.39, 0.29) is 47.4 Å². The molecule has 312 valence electrons. The number of methoxy groups -OCH3 is 1. The molecule has 3 heterocycles. The highest BCUT2D eigenvalue weighted by Crippen LogP contribution is 2.52. The van der Waals surface area contributed by atoms with Gasteiger partial charge in [0.25, 0.3) is 5.91 Å². The first-order chi connectivity index (χ1) is 28.1. The van der Waals surface area contributed by atoms with Crippen molar-refractivity contribution in [3.63, 3.8) is 0 Å². The molecule has 0 bridgehead atoms. The molecule has 4 aliphatic rings. The average molecular weight is 815 g/mol. The predicted molar refractivity (Wildman–Crippen MR) is 205 cm³/mol. The molecule has 0 saturated carbocycles. The first-order valence-electron chi connectivity index (χ1n) is 19.5. The Balaban J connectivity index is 1.14. The SMILES string of the molecule is CCC(=O)[C@]1(O)Cc2c(O)c3c(c(O)c2[C@@H](O[C@H]2C[C@H](NC(=O)[C@@H]4CCCN4C(=O)[C@@H](C)NC(=O)c4ccncc4)[C@H](O)[C@H](C)O2)C1)C(=O)c1c(OC)cccc1C3=O. The summed E-state index contributed by atoms with van der Waals surface area (Å²) in [5.74, 6) is -5.00. The fraction of sp³-hybridized carbons (Fsp3) is 0.452. The molecule has 2 aliphatic carbocycles. The van der Waals surface area contributed by atoms with Crippen LogP contribution in [0.15, 0.2) is 42.7 Å². The van der Waals surface area contributed by atoms with E-state index in [0.29, 0.717) is 18.4 Å². The van der Waals surface area contributed by atoms with Crippen LogP contribution in [0.1, 0.15) is 112 Å². The molecule has 2 aliphatic heterocycles. The van der Waals surface area contributed by atoms with Gasteiger partial charge in [0.2, 0.25) is 17.6 Å². The Hall–Kier alpha value is -5.75. The van der Waals surface area contributed by atoms with Gasteiger partial charge in [-0.1, -0.05) is 19.1 Å². The second-order valence-electron chi connectivity index (χ2n) is 15.4. The molecule has 6 N–H and O–H groups in total. The van der Waals surface area contributed by atoms with Crippen LogP contribution >= 0.6 is 0 Å². The van der Waals surface area contributed by atoms with Gasteiger partial charge < -0.3 is 50.2 Å². The normalized spacial score (nSPS) is 26.6. The van der Waals surface area contributed by atoms with Gasteiger partial charge in [0.05, 0.1) is 42.0 Å². The van der Waals surface area contributed by atoms with E-state index in [0.717, 1.165) is 0 Å². The molecule has 17 nitrogen and oxygen atoms in total. The highest BCUT2D eigenvalue weighted by Gasteiger charge is 2.50. The van der Waals surface area contributed by atoms with Gasteiger partial charge in [-0.15, -0.1) is 0 Å². The van der Waals surface area contributed by atoms with Crippen molar-refractivity contribution in [1.29, 1.82) is 0 Å². The fourth-order valence-corrected chi connectivity index (χ4v) is 8.72. The summed E-state index contributed by atoms with van der Waals surface area (Å²) in [4.78, 5) is 86.4. The first kappa shape index (κ1) is 41.4. The molecule has 2 aromatic carbocycles. The molecule has 0 unspecified atom stereocenters. The number of aromatic nitrogens is 1. The van der Waals surface area contributed by atoms with Crippen LogP contribution in [0.2, 0.25) is 0 Å². The number of phenols is 2. The number of hydrogen-bond donors (Lipinski definition) is 6. The number of benzene rings is 2. The number of aliphatic hydroxyl groups excluding tert-OH is 1. The van der Waals surface area contributed by atoms with Gasteiger partial charge in [-0.05, 0) is 44.9 Å². The molecule has 1 aromatic heterocycles. The van der Waals surface area contributed by atoms with E-state index >= 15 is 0 Å². The number of ketones is 3. The average Bonchev–Trinajstić information content (AvgIpc) is 3.72. The minimum atomic E-state index is -2.13. The van der Waals surface area contributed by atoms with Gasteiger partial charge in [-0.3, -0.25) is 33.8 Å². The predicted octanol–water partition coefficient (Wildman–Crippen LogP) is 1.78. The number of amides is 3. The molecular formula is C42H46N4O13. The third kappa shape index (κ3) is 7.32. The van der Waals surface area contributed by atoms with Crippen LogP contribution in [0, 0.1) is 0 Å². The van der Waals surface area contributed by atoms with Crippen LogP contribution < -0.4 is 15.4 Å². The number of hydrogen-bond acceptors (Lipinski definition) is 14. The second kappa shape index (κ2) is 16.1. The topological polar surface area (TPSA) is 251 Å². The molecular weight excluding hydrogens is 768 g/mol. The van der Waals surface area contributed by atoms with Crippen molar-refractivity contribution >= 4 is 35.1 Å². The van der Waals surface area contributed by atoms with Crippen molar-refractivity contribution in [2.45, 2.75) is 108 Å². The largest absolute Gasteiger partial charge is 0.507 e. The summed E-state index contributed by atoms with van der Waals surface area (Å²) in [6.07, 6.45) is -2.34. The number of pyridine rings is 1. The molecule has 0 spiro atoms. The summed E-state index contributed by atoms with van der Waals surface area (Å²) < 4.78 is 17.7. The van der Waals surface area contributed by atoms with E-state index in [1.807, 2.05) is 0 Å². The smallest absolute Gasteiger partial charge is 0.252 e. The molecule has 59 heavy (non-hydrogen) atoms. The summed E-state index contributed by atoms with van der Waals surface area (Å²) in [7, 11) is 1.32. The lowest BCUT2D eigenvalue weighted by Crippen LogP contribution is -2.59. The van der Waals surface area contributed by atoms with E-state index in [1.165, 1.54) is 61.7 Å². The highest BCUT2D eigenvalue weighted by molar-refractivity contribution is 6.31. The monoisotopic (exact) mass is 814 g/mol. The summed E-state index contributed by atoms with van der Waals surface area (Å²) >= 11 is 0. The number of rotatable bonds is 10. The van der Waals surface area contributed by atoms with Gasteiger partial charge >= 0.3 is 0 Å². The number of carbonyl (C=O) groups excluding carboxylic acids is 6. The molecule has 2 fully saturated rings. The van der Waals surface area contributed by atoms with Crippen molar-refractivity contribution in [3.8, 4) is 17.2 Å². The van der Waals surface area contributed by atoms with Crippen LogP contribution in [-0.2, 0) is 30.3 Å². The standard InChI is InChI=1S/C42H46N4O13/c1-5-28(47)42(56)17-23-31(38(52)33-32(36(23)50)35(49)22-8-6-10-26(57-4)30(22)37(33)51)27(18-42)59-29-16-24(34(48)20(3)58-29)45-40(54)25-9-7-15-46(25)41(55)19(2)44-39(53)21-11-13-43-14-12-21/h6,8,10-14,19-20,24-25,27,29,34,48,50,52,56H,5,7,9,15-18H2,1-4H3,(H,44,53)(H,45,54)/t19-,20+,24+,25+,27+,29+,34-,42+/m1/s1. The summed E-state index contributed by atoms with van der Waals surface area (Å²) in [6.45, 7) is 4.87. The number of fused-ring (bicyclic) bond motifs is 3. The van der Waals surface area contributed by atoms with Crippen molar-refractivity contribution in [1.82, 2.24) is 20.5 Å². The summed E-state index contributed by atoms with van der Waals surface area (Å²) in [6, 6.07) is 4.51. The number of nitrogens with one attached hydrogen (secondary N) is 2. The van der Waals surface area contributed by atoms with E-state index in [9.17, 15) is 49.2 Å². The Kier molecular flexibility index (Phi) is 11.3. The van der Waals surface area contributed by atoms with E-state index in [4.69, 9.17) is 14.2 Å². The number of nitrogens with zero attached hydrogens (tertiary/aromatic N) is 2. The van der Waals surface area contributed by atoms with Crippen molar-refractivity contribution in [3.05, 3.63) is 81.7 Å². The Labute approximate surface area is 338 Å². The zero-order chi connectivity index (χ0) is 42.5. The maximum absolute atomic E-state index is 14.0. The van der Waals surface area contributed by atoms with Crippen LogP contribution in [-0.4, -0.2) is 121 Å². The van der Waals surface area contributed by atoms with Crippen LogP contribution in [0.25, 0.3) is 0 Å². The number of Topliss-reactive ketones (excluding diaryl/α,β-unsaturated/α-hetero) is 1. The second-order valence-corrected chi connectivity index (χ2v) is 15.4. The lowest BCUT2D eigenvalue weighted by atomic mass is 9.71. The zero-order valence-electron chi connectivity index (χ0n) is 32.9. The number of likely N-dealkylation sites (tertiary alicyclic amines) is 1. The van der Waals surface area contributed by atoms with Gasteiger partial charge in [0, 0.05) is 66.9 Å². The molecule has 17 heteroatoms. The Bertz CT molecular complexity index is 2230. The van der Waals surface area contributed by atoms with E-state index in [1.54, 1.807) is 13.8 Å². The van der Waals surface area contributed by atoms with Gasteiger partial charge in [-0.2, -0.15) is 0 Å². The lowest BCUT2D eigenvalue weighted by Gasteiger charge is -2.43. The fourth-order valence-electron chi connectivity index (χ4n) is 8.72. The third-order valence-corrected chi connectivity index (χ3v) is 11.8. The summed E-state index contributed by atoms with van der Waals surface area (Å²) in [5, 5.41) is 52.0. The zero-order valence-corrected chi connectivity index (χ0v) is 32.9. The van der Waals surface area contributed by atoms with Crippen molar-refractivity contribution < 1.29 is 63.4 Å². The maximum Gasteiger partial charge on any atom is 0.252 e. The Morgan fingerprint density at radius 2 is 1.76 bits per heavy atom. The lowest BCUT2D eigenvalue weighted by molar-refractivity contribution is -0.249. The molecule has 3 amide bonds. The van der Waals surface area contributed by atoms with Gasteiger partial charge in [-0.25, -0.2) is 0 Å². The van der Waals surface area contributed by atoms with E-state index < -0.39 is 119 Å². The number of phenolic OH excluding ortho intramolecular Hbond substituents is 2. The highest BCUT2D eigenvalue weighted by atomic mass is 16.7. The Morgan fingerprint density at radius 3 is 2.46 bits per heavy atom. The number of aromatic hydroxyl groups is 2. The molecule has 0 radical (unpaired) electrons. The van der Waals surface area contributed by atoms with Crippen LogP contribution in [0.3, 0.4) is 0 Å². The molecule has 2 saturated heterocycles. The van der Waals surface area contributed by atoms with Gasteiger partial charge in [0.1, 0.15) is 41.0 Å².